The van der Waals surface area contributed by atoms with E-state index in [1.807, 2.05) is 12.1 Å². The Morgan fingerprint density at radius 2 is 1.64 bits per heavy atom. The van der Waals surface area contributed by atoms with E-state index < -0.39 is 0 Å². The minimum atomic E-state index is 0.535. The average molecular weight is 294 g/mol. The van der Waals surface area contributed by atoms with Crippen LogP contribution in [0.2, 0.25) is 0 Å². The van der Waals surface area contributed by atoms with Crippen LogP contribution in [0.1, 0.15) is 17.5 Å². The van der Waals surface area contributed by atoms with Gasteiger partial charge < -0.3 is 10.1 Å². The van der Waals surface area contributed by atoms with Gasteiger partial charge in [-0.25, -0.2) is 0 Å². The molecule has 1 N–H and O–H groups in total. The van der Waals surface area contributed by atoms with Crippen molar-refractivity contribution in [3.63, 3.8) is 0 Å². The van der Waals surface area contributed by atoms with Crippen LogP contribution < -0.4 is 10.1 Å². The minimum absolute atomic E-state index is 0.535. The summed E-state index contributed by atoms with van der Waals surface area (Å²) in [5.74, 6) is 1.86. The highest BCUT2D eigenvalue weighted by Crippen LogP contribution is 2.14. The Labute approximate surface area is 132 Å². The molecule has 0 atom stereocenters. The van der Waals surface area contributed by atoms with Gasteiger partial charge in [0.05, 0.1) is 6.54 Å². The average Bonchev–Trinajstić information content (AvgIpc) is 3.09. The molecule has 0 fully saturated rings. The maximum atomic E-state index is 5.73. The summed E-state index contributed by atoms with van der Waals surface area (Å²) in [4.78, 5) is 4.32. The largest absolute Gasteiger partial charge is 0.486 e. The number of rotatable bonds is 7. The maximum absolute atomic E-state index is 5.73. The molecule has 1 heterocycles. The Kier molecular flexibility index (Phi) is 5.09. The first kappa shape index (κ1) is 14.6. The van der Waals surface area contributed by atoms with Crippen LogP contribution in [-0.4, -0.2) is 25.5 Å². The molecule has 2 aromatic rings. The second-order valence-electron chi connectivity index (χ2n) is 5.53. The lowest BCUT2D eigenvalue weighted by molar-refractivity contribution is 0.373. The summed E-state index contributed by atoms with van der Waals surface area (Å²) in [7, 11) is 0. The number of benzene rings is 2. The third kappa shape index (κ3) is 4.35. The van der Waals surface area contributed by atoms with E-state index in [9.17, 15) is 0 Å². The SMILES string of the molecule is c1ccc(CCCc2ccc(OCC3=NCCN3)cc2)cc1. The predicted octanol–water partition coefficient (Wildman–Crippen LogP) is 3.24. The van der Waals surface area contributed by atoms with Gasteiger partial charge >= 0.3 is 0 Å². The lowest BCUT2D eigenvalue weighted by Gasteiger charge is -2.08. The molecule has 114 valence electrons. The third-order valence-corrected chi connectivity index (χ3v) is 3.82. The summed E-state index contributed by atoms with van der Waals surface area (Å²) in [5.41, 5.74) is 2.77. The highest BCUT2D eigenvalue weighted by molar-refractivity contribution is 5.84. The Hall–Kier alpha value is -2.29. The number of hydrogen-bond donors (Lipinski definition) is 1. The van der Waals surface area contributed by atoms with Crippen LogP contribution in [0.4, 0.5) is 0 Å². The molecular weight excluding hydrogens is 272 g/mol. The molecule has 3 heteroatoms. The van der Waals surface area contributed by atoms with Crippen LogP contribution in [0.3, 0.4) is 0 Å². The predicted molar refractivity (Wildman–Crippen MR) is 90.7 cm³/mol. The van der Waals surface area contributed by atoms with Crippen LogP contribution in [-0.2, 0) is 12.8 Å². The van der Waals surface area contributed by atoms with Crippen molar-refractivity contribution in [3.8, 4) is 5.75 Å². The lowest BCUT2D eigenvalue weighted by atomic mass is 10.0. The zero-order valence-corrected chi connectivity index (χ0v) is 12.8. The number of aryl methyl sites for hydroxylation is 2. The molecule has 1 aliphatic heterocycles. The standard InChI is InChI=1S/C19H22N2O/c1-2-5-16(6-3-1)7-4-8-17-9-11-18(12-10-17)22-15-19-20-13-14-21-19/h1-3,5-6,9-12H,4,7-8,13-15H2,(H,20,21). The minimum Gasteiger partial charge on any atom is -0.486 e. The molecule has 0 amide bonds. The van der Waals surface area contributed by atoms with E-state index in [4.69, 9.17) is 4.74 Å². The monoisotopic (exact) mass is 294 g/mol. The van der Waals surface area contributed by atoms with Gasteiger partial charge in [0.2, 0.25) is 0 Å². The second-order valence-corrected chi connectivity index (χ2v) is 5.53. The van der Waals surface area contributed by atoms with Gasteiger partial charge in [0, 0.05) is 6.54 Å². The fourth-order valence-electron chi connectivity index (χ4n) is 2.59. The van der Waals surface area contributed by atoms with Crippen molar-refractivity contribution in [1.82, 2.24) is 5.32 Å². The van der Waals surface area contributed by atoms with Gasteiger partial charge in [0.1, 0.15) is 18.2 Å². The molecule has 0 saturated heterocycles. The maximum Gasteiger partial charge on any atom is 0.145 e. The first-order chi connectivity index (χ1) is 10.9. The molecule has 0 unspecified atom stereocenters. The van der Waals surface area contributed by atoms with Crippen molar-refractivity contribution in [1.29, 1.82) is 0 Å². The van der Waals surface area contributed by atoms with E-state index in [2.05, 4.69) is 52.8 Å². The topological polar surface area (TPSA) is 33.6 Å². The fourth-order valence-corrected chi connectivity index (χ4v) is 2.59. The van der Waals surface area contributed by atoms with Gasteiger partial charge in [0.15, 0.2) is 0 Å². The van der Waals surface area contributed by atoms with Gasteiger partial charge in [-0.2, -0.15) is 0 Å². The van der Waals surface area contributed by atoms with Crippen LogP contribution in [0.5, 0.6) is 5.75 Å². The second kappa shape index (κ2) is 7.64. The molecule has 0 bridgehead atoms. The zero-order valence-electron chi connectivity index (χ0n) is 12.8. The summed E-state index contributed by atoms with van der Waals surface area (Å²) in [6.07, 6.45) is 3.40. The highest BCUT2D eigenvalue weighted by atomic mass is 16.5. The number of aliphatic imine (C=N–C) groups is 1. The van der Waals surface area contributed by atoms with Gasteiger partial charge in [-0.15, -0.1) is 0 Å². The van der Waals surface area contributed by atoms with Crippen molar-refractivity contribution < 1.29 is 4.74 Å². The molecule has 0 saturated carbocycles. The molecule has 0 spiro atoms. The molecule has 3 nitrogen and oxygen atoms in total. The Morgan fingerprint density at radius 1 is 0.909 bits per heavy atom. The van der Waals surface area contributed by atoms with Crippen LogP contribution in [0.15, 0.2) is 59.6 Å². The molecule has 3 rings (SSSR count). The molecule has 0 aliphatic carbocycles. The van der Waals surface area contributed by atoms with E-state index >= 15 is 0 Å². The van der Waals surface area contributed by atoms with Gasteiger partial charge in [-0.1, -0.05) is 42.5 Å². The van der Waals surface area contributed by atoms with Crippen molar-refractivity contribution in [2.24, 2.45) is 4.99 Å². The number of ether oxygens (including phenoxy) is 1. The van der Waals surface area contributed by atoms with Crippen molar-refractivity contribution >= 4 is 5.84 Å². The quantitative estimate of drug-likeness (QED) is 0.850. The number of nitrogens with one attached hydrogen (secondary N) is 1. The van der Waals surface area contributed by atoms with E-state index in [1.165, 1.54) is 17.5 Å². The Balaban J connectivity index is 1.43. The normalized spacial score (nSPS) is 13.5. The van der Waals surface area contributed by atoms with Crippen LogP contribution in [0.25, 0.3) is 0 Å². The fraction of sp³-hybridized carbons (Fsp3) is 0.316. The Bertz CT molecular complexity index is 605. The van der Waals surface area contributed by atoms with E-state index in [0.29, 0.717) is 6.61 Å². The molecular formula is C19H22N2O. The molecule has 1 aliphatic rings. The van der Waals surface area contributed by atoms with Crippen molar-refractivity contribution in [2.45, 2.75) is 19.3 Å². The van der Waals surface area contributed by atoms with E-state index in [-0.39, 0.29) is 0 Å². The van der Waals surface area contributed by atoms with Gasteiger partial charge in [-0.3, -0.25) is 4.99 Å². The summed E-state index contributed by atoms with van der Waals surface area (Å²) < 4.78 is 5.73. The first-order valence-electron chi connectivity index (χ1n) is 7.93. The summed E-state index contributed by atoms with van der Waals surface area (Å²) in [6.45, 7) is 2.32. The number of nitrogens with zero attached hydrogens (tertiary/aromatic N) is 1. The van der Waals surface area contributed by atoms with Crippen LogP contribution >= 0.6 is 0 Å². The smallest absolute Gasteiger partial charge is 0.145 e. The summed E-state index contributed by atoms with van der Waals surface area (Å²) >= 11 is 0. The molecule has 22 heavy (non-hydrogen) atoms. The summed E-state index contributed by atoms with van der Waals surface area (Å²) in [6, 6.07) is 19.1. The molecule has 2 aromatic carbocycles. The third-order valence-electron chi connectivity index (χ3n) is 3.82. The molecule has 0 radical (unpaired) electrons. The van der Waals surface area contributed by atoms with E-state index in [1.54, 1.807) is 0 Å². The molecule has 0 aromatic heterocycles. The van der Waals surface area contributed by atoms with Crippen molar-refractivity contribution in [3.05, 3.63) is 65.7 Å². The highest BCUT2D eigenvalue weighted by Gasteiger charge is 2.05. The first-order valence-corrected chi connectivity index (χ1v) is 7.93. The van der Waals surface area contributed by atoms with Crippen molar-refractivity contribution in [2.75, 3.05) is 19.7 Å². The number of hydrogen-bond acceptors (Lipinski definition) is 3. The summed E-state index contributed by atoms with van der Waals surface area (Å²) in [5, 5.41) is 3.21. The lowest BCUT2D eigenvalue weighted by Crippen LogP contribution is -2.24. The van der Waals surface area contributed by atoms with E-state index in [0.717, 1.165) is 37.5 Å². The van der Waals surface area contributed by atoms with Gasteiger partial charge in [0.25, 0.3) is 0 Å². The van der Waals surface area contributed by atoms with Gasteiger partial charge in [-0.05, 0) is 42.5 Å². The zero-order chi connectivity index (χ0) is 15.0. The van der Waals surface area contributed by atoms with Crippen LogP contribution in [0, 0.1) is 0 Å². The Morgan fingerprint density at radius 3 is 2.32 bits per heavy atom. The number of amidine groups is 1.